The molecule has 0 fully saturated rings. The Morgan fingerprint density at radius 2 is 1.84 bits per heavy atom. The van der Waals surface area contributed by atoms with E-state index in [9.17, 15) is 14.6 Å². The van der Waals surface area contributed by atoms with Gasteiger partial charge in [0.15, 0.2) is 0 Å². The summed E-state index contributed by atoms with van der Waals surface area (Å²) in [6, 6.07) is 10.6. The largest absolute Gasteiger partial charge is 0.508 e. The molecule has 3 N–H and O–H groups in total. The number of hydrogen-bond donors (Lipinski definition) is 3. The fourth-order valence-corrected chi connectivity index (χ4v) is 1.91. The van der Waals surface area contributed by atoms with E-state index >= 15 is 0 Å². The molecule has 0 spiro atoms. The first-order valence-electron chi connectivity index (χ1n) is 6.06. The second-order valence-corrected chi connectivity index (χ2v) is 4.43. The Kier molecular flexibility index (Phi) is 4.02. The third-order valence-corrected chi connectivity index (χ3v) is 3.05. The highest BCUT2D eigenvalue weighted by Gasteiger charge is 2.11. The highest BCUT2D eigenvalue weighted by molar-refractivity contribution is 5.35. The van der Waals surface area contributed by atoms with Crippen LogP contribution in [0.15, 0.2) is 42.5 Å². The minimum Gasteiger partial charge on any atom is -0.508 e. The lowest BCUT2D eigenvalue weighted by molar-refractivity contribution is 0.443. The Morgan fingerprint density at radius 1 is 1.11 bits per heavy atom. The van der Waals surface area contributed by atoms with E-state index < -0.39 is 0 Å². The normalized spacial score (nSPS) is 12.3. The average Bonchev–Trinajstić information content (AvgIpc) is 2.40. The minimum atomic E-state index is -0.385. The van der Waals surface area contributed by atoms with Gasteiger partial charge in [0.1, 0.15) is 17.3 Å². The molecule has 1 atom stereocenters. The monoisotopic (exact) mass is 261 g/mol. The summed E-state index contributed by atoms with van der Waals surface area (Å²) in [5, 5.41) is 22.5. The van der Waals surface area contributed by atoms with E-state index in [4.69, 9.17) is 0 Å². The van der Waals surface area contributed by atoms with Crippen LogP contribution >= 0.6 is 0 Å². The molecule has 100 valence electrons. The van der Waals surface area contributed by atoms with Crippen molar-refractivity contribution < 1.29 is 14.6 Å². The van der Waals surface area contributed by atoms with Crippen molar-refractivity contribution in [2.75, 3.05) is 0 Å². The van der Waals surface area contributed by atoms with Crippen molar-refractivity contribution in [1.82, 2.24) is 5.32 Å². The first-order chi connectivity index (χ1) is 9.08. The van der Waals surface area contributed by atoms with Gasteiger partial charge in [-0.2, -0.15) is 0 Å². The van der Waals surface area contributed by atoms with Crippen molar-refractivity contribution in [2.24, 2.45) is 0 Å². The molecule has 3 nitrogen and oxygen atoms in total. The molecule has 0 bridgehead atoms. The summed E-state index contributed by atoms with van der Waals surface area (Å²) in [4.78, 5) is 0. The molecule has 0 aliphatic carbocycles. The average molecular weight is 261 g/mol. The zero-order valence-corrected chi connectivity index (χ0v) is 10.6. The van der Waals surface area contributed by atoms with Crippen LogP contribution in [-0.4, -0.2) is 10.2 Å². The van der Waals surface area contributed by atoms with E-state index in [1.54, 1.807) is 18.2 Å². The van der Waals surface area contributed by atoms with Crippen LogP contribution in [0.1, 0.15) is 24.1 Å². The fraction of sp³-hybridized carbons (Fsp3) is 0.200. The number of phenolic OH excluding ortho intramolecular Hbond substituents is 2. The van der Waals surface area contributed by atoms with E-state index in [-0.39, 0.29) is 23.4 Å². The van der Waals surface area contributed by atoms with Crippen LogP contribution in [0.3, 0.4) is 0 Å². The lowest BCUT2D eigenvalue weighted by atomic mass is 10.1. The summed E-state index contributed by atoms with van der Waals surface area (Å²) in [5.74, 6) is -0.117. The van der Waals surface area contributed by atoms with Crippen molar-refractivity contribution in [3.63, 3.8) is 0 Å². The van der Waals surface area contributed by atoms with Crippen LogP contribution in [0, 0.1) is 5.82 Å². The zero-order chi connectivity index (χ0) is 13.8. The molecule has 0 aliphatic heterocycles. The first-order valence-corrected chi connectivity index (χ1v) is 6.06. The quantitative estimate of drug-likeness (QED) is 0.792. The van der Waals surface area contributed by atoms with Crippen LogP contribution in [0.4, 0.5) is 4.39 Å². The van der Waals surface area contributed by atoms with Crippen molar-refractivity contribution >= 4 is 0 Å². The Labute approximate surface area is 111 Å². The summed E-state index contributed by atoms with van der Waals surface area (Å²) >= 11 is 0. The van der Waals surface area contributed by atoms with E-state index in [1.165, 1.54) is 18.2 Å². The van der Waals surface area contributed by atoms with Gasteiger partial charge in [-0.1, -0.05) is 18.2 Å². The lowest BCUT2D eigenvalue weighted by Crippen LogP contribution is -2.18. The molecule has 2 aromatic carbocycles. The van der Waals surface area contributed by atoms with Crippen LogP contribution < -0.4 is 5.32 Å². The maximum Gasteiger partial charge on any atom is 0.123 e. The van der Waals surface area contributed by atoms with E-state index in [1.807, 2.05) is 13.0 Å². The molecule has 1 unspecified atom stereocenters. The van der Waals surface area contributed by atoms with Gasteiger partial charge in [-0.3, -0.25) is 0 Å². The van der Waals surface area contributed by atoms with Crippen LogP contribution in [-0.2, 0) is 6.54 Å². The summed E-state index contributed by atoms with van der Waals surface area (Å²) in [6.07, 6.45) is 0. The number of rotatable bonds is 4. The molecule has 4 heteroatoms. The molecule has 0 aromatic heterocycles. The van der Waals surface area contributed by atoms with Crippen molar-refractivity contribution in [1.29, 1.82) is 0 Å². The third-order valence-electron chi connectivity index (χ3n) is 3.05. The Balaban J connectivity index is 2.07. The van der Waals surface area contributed by atoms with Crippen LogP contribution in [0.25, 0.3) is 0 Å². The standard InChI is InChI=1S/C15H16FNO2/c1-10(13-8-12(16)6-7-15(13)19)17-9-11-4-2-3-5-14(11)18/h2-8,10,17-19H,9H2,1H3. The number of para-hydroxylation sites is 1. The third kappa shape index (κ3) is 3.23. The molecule has 0 amide bonds. The van der Waals surface area contributed by atoms with Gasteiger partial charge >= 0.3 is 0 Å². The number of nitrogens with one attached hydrogen (secondary N) is 1. The van der Waals surface area contributed by atoms with Gasteiger partial charge in [0, 0.05) is 23.7 Å². The highest BCUT2D eigenvalue weighted by Crippen LogP contribution is 2.25. The Bertz CT molecular complexity index is 572. The molecule has 0 radical (unpaired) electrons. The van der Waals surface area contributed by atoms with E-state index in [0.717, 1.165) is 5.56 Å². The molecule has 0 saturated heterocycles. The number of halogens is 1. The van der Waals surface area contributed by atoms with Crippen molar-refractivity contribution in [2.45, 2.75) is 19.5 Å². The molecule has 0 saturated carbocycles. The molecular formula is C15H16FNO2. The van der Waals surface area contributed by atoms with Crippen LogP contribution in [0.2, 0.25) is 0 Å². The number of benzene rings is 2. The maximum atomic E-state index is 13.2. The highest BCUT2D eigenvalue weighted by atomic mass is 19.1. The molecule has 0 aliphatic rings. The van der Waals surface area contributed by atoms with Gasteiger partial charge in [-0.25, -0.2) is 4.39 Å². The number of aromatic hydroxyl groups is 2. The predicted octanol–water partition coefficient (Wildman–Crippen LogP) is 3.09. The van der Waals surface area contributed by atoms with Gasteiger partial charge < -0.3 is 15.5 Å². The summed E-state index contributed by atoms with van der Waals surface area (Å²) in [6.45, 7) is 2.26. The topological polar surface area (TPSA) is 52.5 Å². The molecule has 2 rings (SSSR count). The van der Waals surface area contributed by atoms with Gasteiger partial charge in [0.25, 0.3) is 0 Å². The smallest absolute Gasteiger partial charge is 0.123 e. The summed E-state index contributed by atoms with van der Waals surface area (Å²) in [5.41, 5.74) is 1.25. The van der Waals surface area contributed by atoms with Crippen LogP contribution in [0.5, 0.6) is 11.5 Å². The fourth-order valence-electron chi connectivity index (χ4n) is 1.91. The van der Waals surface area contributed by atoms with Crippen molar-refractivity contribution in [3.05, 3.63) is 59.4 Å². The molecule has 0 heterocycles. The van der Waals surface area contributed by atoms with Gasteiger partial charge in [-0.15, -0.1) is 0 Å². The summed E-state index contributed by atoms with van der Waals surface area (Å²) in [7, 11) is 0. The number of phenols is 2. The minimum absolute atomic E-state index is 0.0543. The SMILES string of the molecule is CC(NCc1ccccc1O)c1cc(F)ccc1O. The Morgan fingerprint density at radius 3 is 2.58 bits per heavy atom. The molecular weight excluding hydrogens is 245 g/mol. The van der Waals surface area contributed by atoms with E-state index in [0.29, 0.717) is 12.1 Å². The second kappa shape index (κ2) is 5.71. The first kappa shape index (κ1) is 13.4. The molecule has 2 aromatic rings. The zero-order valence-electron chi connectivity index (χ0n) is 10.6. The van der Waals surface area contributed by atoms with Gasteiger partial charge in [0.2, 0.25) is 0 Å². The predicted molar refractivity (Wildman–Crippen MR) is 71.4 cm³/mol. The van der Waals surface area contributed by atoms with Crippen molar-refractivity contribution in [3.8, 4) is 11.5 Å². The second-order valence-electron chi connectivity index (χ2n) is 4.43. The number of hydrogen-bond acceptors (Lipinski definition) is 3. The maximum absolute atomic E-state index is 13.2. The van der Waals surface area contributed by atoms with Gasteiger partial charge in [-0.05, 0) is 31.2 Å². The summed E-state index contributed by atoms with van der Waals surface area (Å²) < 4.78 is 13.2. The Hall–Kier alpha value is -2.07. The van der Waals surface area contributed by atoms with Gasteiger partial charge in [0.05, 0.1) is 0 Å². The molecule has 19 heavy (non-hydrogen) atoms. The van der Waals surface area contributed by atoms with E-state index in [2.05, 4.69) is 5.32 Å². The lowest BCUT2D eigenvalue weighted by Gasteiger charge is -2.16.